The number of benzene rings is 1. The number of hydrogen-bond acceptors (Lipinski definition) is 1. The molecular formula is C11H10F3NO. The molecule has 16 heavy (non-hydrogen) atoms. The molecule has 0 unspecified atom stereocenters. The fourth-order valence-electron chi connectivity index (χ4n) is 1.77. The second kappa shape index (κ2) is 3.50. The molecular weight excluding hydrogens is 219 g/mol. The Balaban J connectivity index is 2.49. The van der Waals surface area contributed by atoms with Gasteiger partial charge in [-0.05, 0) is 24.1 Å². The van der Waals surface area contributed by atoms with Crippen molar-refractivity contribution in [3.8, 4) is 0 Å². The van der Waals surface area contributed by atoms with Gasteiger partial charge in [-0.1, -0.05) is 6.07 Å². The first kappa shape index (κ1) is 11.0. The maximum absolute atomic E-state index is 12.5. The average molecular weight is 229 g/mol. The van der Waals surface area contributed by atoms with E-state index in [4.69, 9.17) is 0 Å². The number of fused-ring (bicyclic) bond motifs is 1. The minimum atomic E-state index is -4.40. The van der Waals surface area contributed by atoms with Crippen LogP contribution in [0.5, 0.6) is 0 Å². The van der Waals surface area contributed by atoms with Crippen LogP contribution in [0.2, 0.25) is 0 Å². The van der Waals surface area contributed by atoms with Crippen LogP contribution in [0.4, 0.5) is 13.2 Å². The highest BCUT2D eigenvalue weighted by Gasteiger charge is 2.32. The minimum absolute atomic E-state index is 0.170. The van der Waals surface area contributed by atoms with Crippen LogP contribution in [-0.4, -0.2) is 24.4 Å². The fraction of sp³-hybridized carbons (Fsp3) is 0.364. The van der Waals surface area contributed by atoms with Crippen LogP contribution in [0.15, 0.2) is 18.2 Å². The van der Waals surface area contributed by atoms with Crippen LogP contribution in [0.3, 0.4) is 0 Å². The third kappa shape index (κ3) is 1.77. The Kier molecular flexibility index (Phi) is 2.40. The van der Waals surface area contributed by atoms with Crippen LogP contribution in [-0.2, 0) is 12.6 Å². The highest BCUT2D eigenvalue weighted by atomic mass is 19.4. The molecule has 1 aliphatic rings. The first-order chi connectivity index (χ1) is 7.39. The van der Waals surface area contributed by atoms with Crippen molar-refractivity contribution in [1.82, 2.24) is 4.90 Å². The zero-order valence-electron chi connectivity index (χ0n) is 8.64. The number of carbonyl (C=O) groups is 1. The zero-order valence-corrected chi connectivity index (χ0v) is 8.64. The molecule has 1 amide bonds. The Hall–Kier alpha value is -1.52. The lowest BCUT2D eigenvalue weighted by Crippen LogP contribution is -2.34. The molecule has 0 aromatic heterocycles. The second-order valence-corrected chi connectivity index (χ2v) is 3.85. The predicted molar refractivity (Wildman–Crippen MR) is 52.1 cm³/mol. The van der Waals surface area contributed by atoms with Crippen molar-refractivity contribution in [3.63, 3.8) is 0 Å². The molecule has 1 aliphatic heterocycles. The number of halogens is 3. The predicted octanol–water partition coefficient (Wildman–Crippen LogP) is 2.33. The van der Waals surface area contributed by atoms with Gasteiger partial charge >= 0.3 is 6.18 Å². The van der Waals surface area contributed by atoms with Crippen molar-refractivity contribution in [2.45, 2.75) is 12.6 Å². The van der Waals surface area contributed by atoms with E-state index in [2.05, 4.69) is 0 Å². The second-order valence-electron chi connectivity index (χ2n) is 3.85. The normalized spacial score (nSPS) is 16.2. The maximum atomic E-state index is 12.5. The molecule has 2 rings (SSSR count). The summed E-state index contributed by atoms with van der Waals surface area (Å²) >= 11 is 0. The SMILES string of the molecule is CN1CCc2ccc(C(F)(F)F)cc2C1=O. The fourth-order valence-corrected chi connectivity index (χ4v) is 1.77. The van der Waals surface area contributed by atoms with E-state index in [-0.39, 0.29) is 11.5 Å². The summed E-state index contributed by atoms with van der Waals surface area (Å²) in [5.74, 6) is -0.340. The summed E-state index contributed by atoms with van der Waals surface area (Å²) in [6.45, 7) is 0.553. The number of amides is 1. The lowest BCUT2D eigenvalue weighted by atomic mass is 9.97. The average Bonchev–Trinajstić information content (AvgIpc) is 2.22. The van der Waals surface area contributed by atoms with Crippen molar-refractivity contribution in [1.29, 1.82) is 0 Å². The number of alkyl halides is 3. The molecule has 1 aromatic carbocycles. The Bertz CT molecular complexity index is 439. The van der Waals surface area contributed by atoms with Gasteiger partial charge in [0.05, 0.1) is 5.56 Å². The van der Waals surface area contributed by atoms with Gasteiger partial charge in [0.25, 0.3) is 5.91 Å². The van der Waals surface area contributed by atoms with Crippen LogP contribution in [0.1, 0.15) is 21.5 Å². The highest BCUT2D eigenvalue weighted by molar-refractivity contribution is 5.96. The van der Waals surface area contributed by atoms with Crippen LogP contribution < -0.4 is 0 Å². The molecule has 1 aromatic rings. The summed E-state index contributed by atoms with van der Waals surface area (Å²) in [5.41, 5.74) is 0.0922. The standard InChI is InChI=1S/C11H10F3NO/c1-15-5-4-7-2-3-8(11(12,13)14)6-9(7)10(15)16/h2-3,6H,4-5H2,1H3. The quantitative estimate of drug-likeness (QED) is 0.668. The number of hydrogen-bond donors (Lipinski definition) is 0. The molecule has 5 heteroatoms. The molecule has 86 valence electrons. The van der Waals surface area contributed by atoms with Crippen molar-refractivity contribution in [2.75, 3.05) is 13.6 Å². The van der Waals surface area contributed by atoms with Crippen LogP contribution >= 0.6 is 0 Å². The van der Waals surface area contributed by atoms with E-state index < -0.39 is 11.7 Å². The van der Waals surface area contributed by atoms with Gasteiger partial charge in [0.2, 0.25) is 0 Å². The molecule has 0 bridgehead atoms. The smallest absolute Gasteiger partial charge is 0.341 e. The minimum Gasteiger partial charge on any atom is -0.341 e. The molecule has 0 atom stereocenters. The highest BCUT2D eigenvalue weighted by Crippen LogP contribution is 2.31. The van der Waals surface area contributed by atoms with Gasteiger partial charge in [0.1, 0.15) is 0 Å². The zero-order chi connectivity index (χ0) is 11.9. The molecule has 2 nitrogen and oxygen atoms in total. The number of likely N-dealkylation sites (N-methyl/N-ethyl adjacent to an activating group) is 1. The molecule has 0 fully saturated rings. The van der Waals surface area contributed by atoms with Crippen molar-refractivity contribution >= 4 is 5.91 Å². The third-order valence-electron chi connectivity index (χ3n) is 2.73. The monoisotopic (exact) mass is 229 g/mol. The van der Waals surface area contributed by atoms with Crippen LogP contribution in [0.25, 0.3) is 0 Å². The summed E-state index contributed by atoms with van der Waals surface area (Å²) in [6, 6.07) is 3.35. The molecule has 0 spiro atoms. The van der Waals surface area contributed by atoms with E-state index >= 15 is 0 Å². The third-order valence-corrected chi connectivity index (χ3v) is 2.73. The van der Waals surface area contributed by atoms with Gasteiger partial charge in [0.15, 0.2) is 0 Å². The summed E-state index contributed by atoms with van der Waals surface area (Å²) in [4.78, 5) is 13.1. The first-order valence-electron chi connectivity index (χ1n) is 4.85. The molecule has 0 N–H and O–H groups in total. The van der Waals surface area contributed by atoms with Crippen molar-refractivity contribution in [3.05, 3.63) is 34.9 Å². The van der Waals surface area contributed by atoms with E-state index in [0.717, 1.165) is 12.1 Å². The lowest BCUT2D eigenvalue weighted by Gasteiger charge is -2.25. The Morgan fingerprint density at radius 3 is 2.62 bits per heavy atom. The lowest BCUT2D eigenvalue weighted by molar-refractivity contribution is -0.137. The van der Waals surface area contributed by atoms with Gasteiger partial charge < -0.3 is 4.90 Å². The van der Waals surface area contributed by atoms with E-state index in [1.54, 1.807) is 7.05 Å². The largest absolute Gasteiger partial charge is 0.416 e. The number of nitrogens with zero attached hydrogens (tertiary/aromatic N) is 1. The topological polar surface area (TPSA) is 20.3 Å². The Morgan fingerprint density at radius 1 is 1.31 bits per heavy atom. The molecule has 0 saturated heterocycles. The van der Waals surface area contributed by atoms with Gasteiger partial charge in [-0.25, -0.2) is 0 Å². The Morgan fingerprint density at radius 2 is 2.00 bits per heavy atom. The molecule has 1 heterocycles. The molecule has 0 radical (unpaired) electrons. The van der Waals surface area contributed by atoms with Crippen molar-refractivity contribution < 1.29 is 18.0 Å². The molecule has 0 aliphatic carbocycles. The van der Waals surface area contributed by atoms with E-state index in [1.165, 1.54) is 11.0 Å². The number of carbonyl (C=O) groups excluding carboxylic acids is 1. The van der Waals surface area contributed by atoms with Gasteiger partial charge in [0, 0.05) is 19.2 Å². The maximum Gasteiger partial charge on any atom is 0.416 e. The van der Waals surface area contributed by atoms with E-state index in [0.29, 0.717) is 18.5 Å². The van der Waals surface area contributed by atoms with E-state index in [1.807, 2.05) is 0 Å². The Labute approximate surface area is 90.7 Å². The summed E-state index contributed by atoms with van der Waals surface area (Å²) in [7, 11) is 1.59. The first-order valence-corrected chi connectivity index (χ1v) is 4.85. The number of rotatable bonds is 0. The summed E-state index contributed by atoms with van der Waals surface area (Å²) in [6.07, 6.45) is -3.79. The summed E-state index contributed by atoms with van der Waals surface area (Å²) < 4.78 is 37.4. The molecule has 0 saturated carbocycles. The summed E-state index contributed by atoms with van der Waals surface area (Å²) in [5, 5.41) is 0. The van der Waals surface area contributed by atoms with Crippen molar-refractivity contribution in [2.24, 2.45) is 0 Å². The van der Waals surface area contributed by atoms with Crippen LogP contribution in [0, 0.1) is 0 Å². The van der Waals surface area contributed by atoms with Gasteiger partial charge in [-0.3, -0.25) is 4.79 Å². The van der Waals surface area contributed by atoms with E-state index in [9.17, 15) is 18.0 Å². The van der Waals surface area contributed by atoms with Gasteiger partial charge in [-0.2, -0.15) is 13.2 Å². The van der Waals surface area contributed by atoms with Gasteiger partial charge in [-0.15, -0.1) is 0 Å².